The highest BCUT2D eigenvalue weighted by Gasteiger charge is 2.21. The van der Waals surface area contributed by atoms with Crippen LogP contribution in [0.2, 0.25) is 0 Å². The van der Waals surface area contributed by atoms with Crippen molar-refractivity contribution in [1.29, 1.82) is 0 Å². The van der Waals surface area contributed by atoms with Crippen molar-refractivity contribution in [3.8, 4) is 0 Å². The van der Waals surface area contributed by atoms with Gasteiger partial charge in [-0.3, -0.25) is 0 Å². The monoisotopic (exact) mass is 378 g/mol. The Labute approximate surface area is 149 Å². The highest BCUT2D eigenvalue weighted by atomic mass is 32.2. The molecule has 6 nitrogen and oxygen atoms in total. The van der Waals surface area contributed by atoms with E-state index in [1.54, 1.807) is 42.7 Å². The Balaban J connectivity index is 1.80. The van der Waals surface area contributed by atoms with Gasteiger partial charge in [-0.25, -0.2) is 13.1 Å². The van der Waals surface area contributed by atoms with Gasteiger partial charge in [0.25, 0.3) is 10.0 Å². The Morgan fingerprint density at radius 1 is 1.04 bits per heavy atom. The smallest absolute Gasteiger partial charge is 0.250 e. The van der Waals surface area contributed by atoms with Crippen LogP contribution in [-0.2, 0) is 10.0 Å². The second-order valence-electron chi connectivity index (χ2n) is 5.64. The fraction of sp³-hybridized carbons (Fsp3) is 0.176. The van der Waals surface area contributed by atoms with E-state index in [1.807, 2.05) is 24.3 Å². The second-order valence-corrected chi connectivity index (χ2v) is 8.67. The molecule has 0 radical (unpaired) electrons. The lowest BCUT2D eigenvalue weighted by molar-refractivity contribution is 0.000689. The molecule has 0 saturated carbocycles. The van der Waals surface area contributed by atoms with Crippen LogP contribution < -0.4 is 10.2 Å². The van der Waals surface area contributed by atoms with Gasteiger partial charge in [-0.15, -0.1) is 11.3 Å². The van der Waals surface area contributed by atoms with Crippen molar-refractivity contribution in [2.75, 3.05) is 0 Å². The van der Waals surface area contributed by atoms with Crippen molar-refractivity contribution in [1.82, 2.24) is 10.2 Å². The number of aliphatic hydroxyl groups is 1. The van der Waals surface area contributed by atoms with Crippen LogP contribution in [0, 0.1) is 0 Å². The summed E-state index contributed by atoms with van der Waals surface area (Å²) in [5.41, 5.74) is 2.97. The molecule has 0 aliphatic heterocycles. The van der Waals surface area contributed by atoms with Gasteiger partial charge >= 0.3 is 0 Å². The number of nitrogens with one attached hydrogen (secondary N) is 2. The minimum absolute atomic E-state index is 0.275. The van der Waals surface area contributed by atoms with Crippen LogP contribution in [0.3, 0.4) is 0 Å². The molecular weight excluding hydrogens is 360 g/mol. The van der Waals surface area contributed by atoms with E-state index in [-0.39, 0.29) is 4.21 Å². The number of aliphatic hydroxyl groups excluding tert-OH is 1. The highest BCUT2D eigenvalue weighted by Crippen LogP contribution is 2.29. The molecule has 0 spiro atoms. The van der Waals surface area contributed by atoms with Crippen LogP contribution in [-0.4, -0.2) is 18.7 Å². The Hall–Kier alpha value is -1.81. The predicted molar refractivity (Wildman–Crippen MR) is 96.9 cm³/mol. The zero-order valence-electron chi connectivity index (χ0n) is 13.4. The first-order valence-corrected chi connectivity index (χ1v) is 9.89. The fourth-order valence-corrected chi connectivity index (χ4v) is 5.14. The molecule has 3 aromatic rings. The summed E-state index contributed by atoms with van der Waals surface area (Å²) in [5, 5.41) is 19.1. The van der Waals surface area contributed by atoms with E-state index in [0.717, 1.165) is 15.6 Å². The zero-order chi connectivity index (χ0) is 18.0. The third-order valence-electron chi connectivity index (χ3n) is 3.87. The maximum atomic E-state index is 12.6. The summed E-state index contributed by atoms with van der Waals surface area (Å²) in [5.74, 6) is 0. The van der Waals surface area contributed by atoms with E-state index in [0.29, 0.717) is 5.56 Å². The molecule has 0 amide bonds. The summed E-state index contributed by atoms with van der Waals surface area (Å²) in [6.45, 7) is 1.75. The standard InChI is InChI=1S/C17H18N2O4S2/c1-11(12-6-8-13(9-7-12)17(20)18-21)19-25(22,23)16-10-14-4-2-3-5-15(14)24-16/h2-11,17-21H,1H3. The molecular formula is C17H18N2O4S2. The van der Waals surface area contributed by atoms with Gasteiger partial charge in [0.1, 0.15) is 4.21 Å². The number of sulfonamides is 1. The molecule has 1 aromatic heterocycles. The number of hydrogen-bond donors (Lipinski definition) is 4. The molecule has 2 atom stereocenters. The fourth-order valence-electron chi connectivity index (χ4n) is 2.49. The van der Waals surface area contributed by atoms with Crippen LogP contribution in [0.5, 0.6) is 0 Å². The number of fused-ring (bicyclic) bond motifs is 1. The van der Waals surface area contributed by atoms with Gasteiger partial charge in [-0.1, -0.05) is 42.5 Å². The maximum absolute atomic E-state index is 12.6. The molecule has 0 aliphatic rings. The average molecular weight is 378 g/mol. The zero-order valence-corrected chi connectivity index (χ0v) is 15.0. The van der Waals surface area contributed by atoms with Crippen molar-refractivity contribution in [2.24, 2.45) is 0 Å². The quantitative estimate of drug-likeness (QED) is 0.390. The Morgan fingerprint density at radius 3 is 2.32 bits per heavy atom. The Bertz CT molecular complexity index is 935. The maximum Gasteiger partial charge on any atom is 0.250 e. The molecule has 2 aromatic carbocycles. The first kappa shape index (κ1) is 18.0. The van der Waals surface area contributed by atoms with E-state index in [2.05, 4.69) is 4.72 Å². The van der Waals surface area contributed by atoms with Crippen LogP contribution in [0.4, 0.5) is 0 Å². The van der Waals surface area contributed by atoms with E-state index in [4.69, 9.17) is 5.21 Å². The third kappa shape index (κ3) is 3.90. The second kappa shape index (κ2) is 7.20. The summed E-state index contributed by atoms with van der Waals surface area (Å²) in [6.07, 6.45) is -1.18. The molecule has 0 fully saturated rings. The lowest BCUT2D eigenvalue weighted by atomic mass is 10.1. The summed E-state index contributed by atoms with van der Waals surface area (Å²) in [6, 6.07) is 15.4. The lowest BCUT2D eigenvalue weighted by Crippen LogP contribution is -2.26. The number of hydrogen-bond acceptors (Lipinski definition) is 6. The minimum atomic E-state index is -3.63. The molecule has 132 valence electrons. The van der Waals surface area contributed by atoms with Gasteiger partial charge in [-0.05, 0) is 35.6 Å². The van der Waals surface area contributed by atoms with E-state index >= 15 is 0 Å². The molecule has 2 unspecified atom stereocenters. The van der Waals surface area contributed by atoms with Gasteiger partial charge in [0.05, 0.1) is 0 Å². The van der Waals surface area contributed by atoms with Crippen molar-refractivity contribution < 1.29 is 18.7 Å². The number of rotatable bonds is 6. The van der Waals surface area contributed by atoms with Gasteiger partial charge in [0.15, 0.2) is 6.23 Å². The average Bonchev–Trinajstić information content (AvgIpc) is 3.06. The van der Waals surface area contributed by atoms with Crippen molar-refractivity contribution in [3.63, 3.8) is 0 Å². The SMILES string of the molecule is CC(NS(=O)(=O)c1cc2ccccc2s1)c1ccc(C(O)NO)cc1. The first-order valence-electron chi connectivity index (χ1n) is 7.59. The minimum Gasteiger partial charge on any atom is -0.372 e. The molecule has 0 saturated heterocycles. The van der Waals surface area contributed by atoms with Crippen molar-refractivity contribution >= 4 is 31.4 Å². The van der Waals surface area contributed by atoms with Gasteiger partial charge in [-0.2, -0.15) is 5.48 Å². The topological polar surface area (TPSA) is 98.7 Å². The Morgan fingerprint density at radius 2 is 1.68 bits per heavy atom. The van der Waals surface area contributed by atoms with Crippen molar-refractivity contribution in [3.05, 3.63) is 65.7 Å². The number of thiophene rings is 1. The molecule has 0 bridgehead atoms. The largest absolute Gasteiger partial charge is 0.372 e. The van der Waals surface area contributed by atoms with E-state index < -0.39 is 22.3 Å². The summed E-state index contributed by atoms with van der Waals surface area (Å²) in [7, 11) is -3.63. The number of hydroxylamine groups is 1. The third-order valence-corrected chi connectivity index (χ3v) is 7.00. The van der Waals surface area contributed by atoms with E-state index in [1.165, 1.54) is 11.3 Å². The summed E-state index contributed by atoms with van der Waals surface area (Å²) in [4.78, 5) is 0. The normalized spacial score (nSPS) is 14.5. The Kier molecular flexibility index (Phi) is 5.19. The summed E-state index contributed by atoms with van der Waals surface area (Å²) < 4.78 is 29.1. The van der Waals surface area contributed by atoms with Crippen molar-refractivity contribution in [2.45, 2.75) is 23.4 Å². The van der Waals surface area contributed by atoms with Crippen LogP contribution in [0.25, 0.3) is 10.1 Å². The molecule has 8 heteroatoms. The van der Waals surface area contributed by atoms with E-state index in [9.17, 15) is 13.5 Å². The molecule has 4 N–H and O–H groups in total. The highest BCUT2D eigenvalue weighted by molar-refractivity contribution is 7.91. The predicted octanol–water partition coefficient (Wildman–Crippen LogP) is 2.91. The van der Waals surface area contributed by atoms with Crippen LogP contribution in [0.1, 0.15) is 30.3 Å². The molecule has 3 rings (SSSR count). The number of benzene rings is 2. The van der Waals surface area contributed by atoms with Crippen LogP contribution in [0.15, 0.2) is 58.8 Å². The first-order chi connectivity index (χ1) is 11.9. The van der Waals surface area contributed by atoms with Gasteiger partial charge < -0.3 is 10.3 Å². The molecule has 0 aliphatic carbocycles. The van der Waals surface area contributed by atoms with Gasteiger partial charge in [0.2, 0.25) is 0 Å². The molecule has 1 heterocycles. The summed E-state index contributed by atoms with van der Waals surface area (Å²) >= 11 is 1.23. The lowest BCUT2D eigenvalue weighted by Gasteiger charge is -2.15. The van der Waals surface area contributed by atoms with Crippen LogP contribution >= 0.6 is 11.3 Å². The molecule has 25 heavy (non-hydrogen) atoms. The van der Waals surface area contributed by atoms with Gasteiger partial charge in [0, 0.05) is 10.7 Å².